The Hall–Kier alpha value is -1.82. The SMILES string of the molecule is O=C(CN1CCCCCCC1)N/N=C\c1ccc(F)c(F)c1. The average Bonchev–Trinajstić information content (AvgIpc) is 2.45. The molecule has 0 spiro atoms. The number of hydrazone groups is 1. The minimum absolute atomic E-state index is 0.195. The lowest BCUT2D eigenvalue weighted by molar-refractivity contribution is -0.122. The van der Waals surface area contributed by atoms with Gasteiger partial charge in [0.2, 0.25) is 0 Å². The van der Waals surface area contributed by atoms with Gasteiger partial charge < -0.3 is 0 Å². The third kappa shape index (κ3) is 5.52. The van der Waals surface area contributed by atoms with Crippen LogP contribution in [0.15, 0.2) is 23.3 Å². The summed E-state index contributed by atoms with van der Waals surface area (Å²) in [5, 5.41) is 3.78. The maximum Gasteiger partial charge on any atom is 0.254 e. The van der Waals surface area contributed by atoms with Gasteiger partial charge in [-0.05, 0) is 43.6 Å². The molecule has 2 rings (SSSR count). The Morgan fingerprint density at radius 3 is 2.50 bits per heavy atom. The molecule has 0 bridgehead atoms. The van der Waals surface area contributed by atoms with Crippen molar-refractivity contribution in [3.8, 4) is 0 Å². The van der Waals surface area contributed by atoms with Crippen LogP contribution in [-0.2, 0) is 4.79 Å². The van der Waals surface area contributed by atoms with Crippen molar-refractivity contribution in [2.45, 2.75) is 32.1 Å². The number of carbonyl (C=O) groups is 1. The molecule has 1 aromatic rings. The highest BCUT2D eigenvalue weighted by Gasteiger charge is 2.11. The Bertz CT molecular complexity index is 526. The van der Waals surface area contributed by atoms with Crippen LogP contribution in [0.5, 0.6) is 0 Å². The summed E-state index contributed by atoms with van der Waals surface area (Å²) in [7, 11) is 0. The molecule has 1 aromatic carbocycles. The molecule has 1 aliphatic rings. The fourth-order valence-corrected chi connectivity index (χ4v) is 2.48. The predicted octanol–water partition coefficient (Wildman–Crippen LogP) is 2.68. The van der Waals surface area contributed by atoms with E-state index in [-0.39, 0.29) is 5.91 Å². The molecule has 1 heterocycles. The summed E-state index contributed by atoms with van der Waals surface area (Å²) >= 11 is 0. The van der Waals surface area contributed by atoms with Crippen molar-refractivity contribution in [2.24, 2.45) is 5.10 Å². The Morgan fingerprint density at radius 1 is 1.14 bits per heavy atom. The van der Waals surface area contributed by atoms with Crippen molar-refractivity contribution in [1.29, 1.82) is 0 Å². The lowest BCUT2D eigenvalue weighted by Crippen LogP contribution is -2.37. The summed E-state index contributed by atoms with van der Waals surface area (Å²) in [5.41, 5.74) is 2.82. The number of hydrogen-bond donors (Lipinski definition) is 1. The first kappa shape index (κ1) is 16.5. The second kappa shape index (κ2) is 8.58. The molecule has 22 heavy (non-hydrogen) atoms. The first-order valence-electron chi connectivity index (χ1n) is 7.64. The minimum atomic E-state index is -0.934. The van der Waals surface area contributed by atoms with E-state index < -0.39 is 11.6 Å². The van der Waals surface area contributed by atoms with Crippen LogP contribution in [0.4, 0.5) is 8.78 Å². The van der Waals surface area contributed by atoms with E-state index in [1.165, 1.54) is 31.5 Å². The quantitative estimate of drug-likeness (QED) is 0.686. The monoisotopic (exact) mass is 309 g/mol. The number of hydrogen-bond acceptors (Lipinski definition) is 3. The summed E-state index contributed by atoms with van der Waals surface area (Å²) in [6.45, 7) is 2.18. The fourth-order valence-electron chi connectivity index (χ4n) is 2.48. The molecular formula is C16H21F2N3O. The van der Waals surface area contributed by atoms with Gasteiger partial charge in [0.25, 0.3) is 5.91 Å². The van der Waals surface area contributed by atoms with Gasteiger partial charge in [0.05, 0.1) is 12.8 Å². The molecule has 1 saturated heterocycles. The zero-order chi connectivity index (χ0) is 15.8. The van der Waals surface area contributed by atoms with E-state index >= 15 is 0 Å². The fraction of sp³-hybridized carbons (Fsp3) is 0.500. The van der Waals surface area contributed by atoms with Crippen LogP contribution in [0, 0.1) is 11.6 Å². The van der Waals surface area contributed by atoms with E-state index in [9.17, 15) is 13.6 Å². The maximum absolute atomic E-state index is 13.0. The van der Waals surface area contributed by atoms with Crippen molar-refractivity contribution >= 4 is 12.1 Å². The molecule has 0 saturated carbocycles. The number of amides is 1. The molecule has 0 radical (unpaired) electrons. The summed E-state index contributed by atoms with van der Waals surface area (Å²) in [4.78, 5) is 13.9. The lowest BCUT2D eigenvalue weighted by Gasteiger charge is -2.23. The highest BCUT2D eigenvalue weighted by Crippen LogP contribution is 2.10. The second-order valence-corrected chi connectivity index (χ2v) is 5.51. The van der Waals surface area contributed by atoms with E-state index in [0.29, 0.717) is 12.1 Å². The number of nitrogens with zero attached hydrogens (tertiary/aromatic N) is 2. The van der Waals surface area contributed by atoms with E-state index in [1.807, 2.05) is 0 Å². The number of halogens is 2. The molecule has 6 heteroatoms. The first-order chi connectivity index (χ1) is 10.6. The van der Waals surface area contributed by atoms with Crippen LogP contribution in [-0.4, -0.2) is 36.7 Å². The summed E-state index contributed by atoms with van der Waals surface area (Å²) in [5.74, 6) is -2.03. The number of rotatable bonds is 4. The molecule has 1 aliphatic heterocycles. The number of benzene rings is 1. The van der Waals surface area contributed by atoms with Crippen molar-refractivity contribution in [2.75, 3.05) is 19.6 Å². The Labute approximate surface area is 129 Å². The Kier molecular flexibility index (Phi) is 6.45. The van der Waals surface area contributed by atoms with Gasteiger partial charge in [-0.15, -0.1) is 0 Å². The molecule has 1 amide bonds. The summed E-state index contributed by atoms with van der Waals surface area (Å²) in [6.07, 6.45) is 7.24. The van der Waals surface area contributed by atoms with Gasteiger partial charge in [-0.1, -0.05) is 25.3 Å². The molecule has 0 unspecified atom stereocenters. The van der Waals surface area contributed by atoms with Gasteiger partial charge in [-0.3, -0.25) is 9.69 Å². The Balaban J connectivity index is 1.78. The van der Waals surface area contributed by atoms with E-state index in [0.717, 1.165) is 38.1 Å². The van der Waals surface area contributed by atoms with Crippen LogP contribution < -0.4 is 5.43 Å². The maximum atomic E-state index is 13.0. The standard InChI is InChI=1S/C16H21F2N3O/c17-14-7-6-13(10-15(14)18)11-19-20-16(22)12-21-8-4-2-1-3-5-9-21/h6-7,10-11H,1-5,8-9,12H2,(H,20,22)/b19-11-. The van der Waals surface area contributed by atoms with Gasteiger partial charge in [-0.2, -0.15) is 5.10 Å². The topological polar surface area (TPSA) is 44.7 Å². The molecule has 1 N–H and O–H groups in total. The molecule has 0 aromatic heterocycles. The molecule has 1 fully saturated rings. The summed E-state index contributed by atoms with van der Waals surface area (Å²) < 4.78 is 25.8. The highest BCUT2D eigenvalue weighted by molar-refractivity contribution is 5.83. The van der Waals surface area contributed by atoms with Gasteiger partial charge >= 0.3 is 0 Å². The van der Waals surface area contributed by atoms with Gasteiger partial charge in [0.15, 0.2) is 11.6 Å². The van der Waals surface area contributed by atoms with Crippen molar-refractivity contribution in [3.63, 3.8) is 0 Å². The molecular weight excluding hydrogens is 288 g/mol. The molecule has 4 nitrogen and oxygen atoms in total. The zero-order valence-electron chi connectivity index (χ0n) is 12.5. The second-order valence-electron chi connectivity index (χ2n) is 5.51. The third-order valence-electron chi connectivity index (χ3n) is 3.66. The first-order valence-corrected chi connectivity index (χ1v) is 7.64. The predicted molar refractivity (Wildman–Crippen MR) is 81.6 cm³/mol. The van der Waals surface area contributed by atoms with Crippen LogP contribution >= 0.6 is 0 Å². The van der Waals surface area contributed by atoms with Crippen LogP contribution in [0.3, 0.4) is 0 Å². The summed E-state index contributed by atoms with van der Waals surface area (Å²) in [6, 6.07) is 3.45. The number of carbonyl (C=O) groups excluding carboxylic acids is 1. The van der Waals surface area contributed by atoms with Gasteiger partial charge in [-0.25, -0.2) is 14.2 Å². The number of likely N-dealkylation sites (tertiary alicyclic amines) is 1. The van der Waals surface area contributed by atoms with Crippen LogP contribution in [0.1, 0.15) is 37.7 Å². The smallest absolute Gasteiger partial charge is 0.254 e. The normalized spacial score (nSPS) is 17.2. The zero-order valence-corrected chi connectivity index (χ0v) is 12.5. The Morgan fingerprint density at radius 2 is 1.82 bits per heavy atom. The van der Waals surface area contributed by atoms with E-state index in [2.05, 4.69) is 15.4 Å². The lowest BCUT2D eigenvalue weighted by atomic mass is 10.1. The van der Waals surface area contributed by atoms with Gasteiger partial charge in [0, 0.05) is 0 Å². The minimum Gasteiger partial charge on any atom is -0.294 e. The largest absolute Gasteiger partial charge is 0.294 e. The van der Waals surface area contributed by atoms with E-state index in [1.54, 1.807) is 0 Å². The van der Waals surface area contributed by atoms with Crippen LogP contribution in [0.2, 0.25) is 0 Å². The van der Waals surface area contributed by atoms with Crippen molar-refractivity contribution in [1.82, 2.24) is 10.3 Å². The van der Waals surface area contributed by atoms with Crippen molar-refractivity contribution < 1.29 is 13.6 Å². The average molecular weight is 309 g/mol. The van der Waals surface area contributed by atoms with E-state index in [4.69, 9.17) is 0 Å². The van der Waals surface area contributed by atoms with Crippen molar-refractivity contribution in [3.05, 3.63) is 35.4 Å². The molecule has 120 valence electrons. The van der Waals surface area contributed by atoms with Gasteiger partial charge in [0.1, 0.15) is 0 Å². The molecule has 0 atom stereocenters. The highest BCUT2D eigenvalue weighted by atomic mass is 19.2. The molecule has 0 aliphatic carbocycles. The van der Waals surface area contributed by atoms with Crippen LogP contribution in [0.25, 0.3) is 0 Å². The number of nitrogens with one attached hydrogen (secondary N) is 1. The third-order valence-corrected chi connectivity index (χ3v) is 3.66.